The number of hydrogen-bond donors (Lipinski definition) is 1. The maximum Gasteiger partial charge on any atom is 0.258 e. The van der Waals surface area contributed by atoms with Crippen molar-refractivity contribution in [1.82, 2.24) is 5.32 Å². The van der Waals surface area contributed by atoms with Crippen LogP contribution in [-0.4, -0.2) is 38.5 Å². The Bertz CT molecular complexity index is 850. The van der Waals surface area contributed by atoms with Crippen molar-refractivity contribution in [1.29, 1.82) is 0 Å². The Morgan fingerprint density at radius 1 is 1.22 bits per heavy atom. The molecule has 23 heavy (non-hydrogen) atoms. The van der Waals surface area contributed by atoms with Gasteiger partial charge in [-0.1, -0.05) is 28.1 Å². The zero-order valence-corrected chi connectivity index (χ0v) is 14.7. The minimum absolute atomic E-state index is 0.0175. The van der Waals surface area contributed by atoms with Crippen molar-refractivity contribution < 1.29 is 17.9 Å². The van der Waals surface area contributed by atoms with Gasteiger partial charge in [-0.25, -0.2) is 8.42 Å². The molecule has 0 aliphatic carbocycles. The second-order valence-electron chi connectivity index (χ2n) is 5.61. The number of nitrogens with one attached hydrogen (secondary N) is 1. The van der Waals surface area contributed by atoms with E-state index in [4.69, 9.17) is 4.74 Å². The summed E-state index contributed by atoms with van der Waals surface area (Å²) >= 11 is 3.42. The Balaban J connectivity index is 1.57. The van der Waals surface area contributed by atoms with E-state index in [2.05, 4.69) is 21.2 Å². The lowest BCUT2D eigenvalue weighted by Gasteiger charge is -2.12. The first-order valence-corrected chi connectivity index (χ1v) is 9.85. The lowest BCUT2D eigenvalue weighted by molar-refractivity contribution is -0.123. The van der Waals surface area contributed by atoms with Crippen molar-refractivity contribution in [3.05, 3.63) is 40.9 Å². The molecule has 1 aliphatic rings. The monoisotopic (exact) mass is 397 g/mol. The summed E-state index contributed by atoms with van der Waals surface area (Å²) < 4.78 is 29.2. The average molecular weight is 398 g/mol. The number of ether oxygens (including phenoxy) is 1. The van der Waals surface area contributed by atoms with Crippen molar-refractivity contribution in [3.8, 4) is 5.75 Å². The molecule has 1 N–H and O–H groups in total. The van der Waals surface area contributed by atoms with Crippen LogP contribution in [0.15, 0.2) is 40.9 Å². The molecule has 0 radical (unpaired) electrons. The van der Waals surface area contributed by atoms with Gasteiger partial charge in [0.15, 0.2) is 16.4 Å². The number of sulfone groups is 1. The van der Waals surface area contributed by atoms with Gasteiger partial charge in [0.25, 0.3) is 5.91 Å². The molecule has 122 valence electrons. The fraction of sp³-hybridized carbons (Fsp3) is 0.312. The predicted molar refractivity (Wildman–Crippen MR) is 92.3 cm³/mol. The second kappa shape index (κ2) is 6.49. The molecule has 0 aromatic heterocycles. The van der Waals surface area contributed by atoms with E-state index in [1.54, 1.807) is 0 Å². The third kappa shape index (κ3) is 4.23. The van der Waals surface area contributed by atoms with E-state index >= 15 is 0 Å². The van der Waals surface area contributed by atoms with Crippen LogP contribution >= 0.6 is 15.9 Å². The number of benzene rings is 2. The van der Waals surface area contributed by atoms with E-state index < -0.39 is 9.84 Å². The highest BCUT2D eigenvalue weighted by Gasteiger charge is 2.28. The third-order valence-electron chi connectivity index (χ3n) is 3.74. The first-order chi connectivity index (χ1) is 10.9. The van der Waals surface area contributed by atoms with Gasteiger partial charge in [0.1, 0.15) is 5.75 Å². The highest BCUT2D eigenvalue weighted by molar-refractivity contribution is 9.10. The molecule has 1 saturated heterocycles. The maximum absolute atomic E-state index is 11.9. The van der Waals surface area contributed by atoms with Gasteiger partial charge < -0.3 is 10.1 Å². The molecule has 3 rings (SSSR count). The molecule has 1 aliphatic heterocycles. The van der Waals surface area contributed by atoms with Crippen LogP contribution in [0.2, 0.25) is 0 Å². The summed E-state index contributed by atoms with van der Waals surface area (Å²) in [7, 11) is -3.00. The topological polar surface area (TPSA) is 72.5 Å². The van der Waals surface area contributed by atoms with E-state index in [0.717, 1.165) is 15.2 Å². The van der Waals surface area contributed by atoms with Gasteiger partial charge in [-0.2, -0.15) is 0 Å². The van der Waals surface area contributed by atoms with Crippen LogP contribution in [0.1, 0.15) is 6.42 Å². The third-order valence-corrected chi connectivity index (χ3v) is 6.00. The van der Waals surface area contributed by atoms with Crippen molar-refractivity contribution in [2.24, 2.45) is 0 Å². The van der Waals surface area contributed by atoms with Gasteiger partial charge in [-0.15, -0.1) is 0 Å². The fourth-order valence-electron chi connectivity index (χ4n) is 2.61. The van der Waals surface area contributed by atoms with Gasteiger partial charge in [0, 0.05) is 10.5 Å². The van der Waals surface area contributed by atoms with Crippen molar-refractivity contribution >= 4 is 42.4 Å². The van der Waals surface area contributed by atoms with Crippen LogP contribution in [-0.2, 0) is 14.6 Å². The van der Waals surface area contributed by atoms with Gasteiger partial charge in [-0.05, 0) is 41.5 Å². The van der Waals surface area contributed by atoms with Crippen LogP contribution in [0.3, 0.4) is 0 Å². The molecule has 1 heterocycles. The summed E-state index contributed by atoms with van der Waals surface area (Å²) in [5.41, 5.74) is 0. The Morgan fingerprint density at radius 2 is 1.96 bits per heavy atom. The molecule has 2 aromatic carbocycles. The molecule has 0 bridgehead atoms. The number of rotatable bonds is 4. The molecule has 1 fully saturated rings. The highest BCUT2D eigenvalue weighted by atomic mass is 79.9. The second-order valence-corrected chi connectivity index (χ2v) is 8.75. The number of amides is 1. The van der Waals surface area contributed by atoms with E-state index in [-0.39, 0.29) is 30.1 Å². The summed E-state index contributed by atoms with van der Waals surface area (Å²) in [6.07, 6.45) is 0.471. The van der Waals surface area contributed by atoms with Crippen LogP contribution in [0.4, 0.5) is 0 Å². The predicted octanol–water partition coefficient (Wildman–Crippen LogP) is 2.28. The van der Waals surface area contributed by atoms with Gasteiger partial charge in [0.05, 0.1) is 11.5 Å². The van der Waals surface area contributed by atoms with Crippen molar-refractivity contribution in [2.45, 2.75) is 12.5 Å². The quantitative estimate of drug-likeness (QED) is 0.858. The molecule has 7 heteroatoms. The molecular weight excluding hydrogens is 382 g/mol. The van der Waals surface area contributed by atoms with E-state index in [1.165, 1.54) is 0 Å². The zero-order valence-electron chi connectivity index (χ0n) is 12.3. The smallest absolute Gasteiger partial charge is 0.258 e. The SMILES string of the molecule is O=C(COc1ccc2cc(Br)ccc2c1)N[C@H]1CCS(=O)(=O)C1. The van der Waals surface area contributed by atoms with Gasteiger partial charge in [-0.3, -0.25) is 4.79 Å². The molecule has 0 unspecified atom stereocenters. The average Bonchev–Trinajstić information content (AvgIpc) is 2.84. The number of halogens is 1. The number of hydrogen-bond acceptors (Lipinski definition) is 4. The fourth-order valence-corrected chi connectivity index (χ4v) is 4.66. The number of fused-ring (bicyclic) bond motifs is 1. The number of carbonyl (C=O) groups is 1. The molecule has 1 atom stereocenters. The van der Waals surface area contributed by atoms with Gasteiger partial charge in [0.2, 0.25) is 0 Å². The highest BCUT2D eigenvalue weighted by Crippen LogP contribution is 2.24. The minimum atomic E-state index is -3.00. The standard InChI is InChI=1S/C16H16BrNO4S/c17-13-3-1-12-8-15(4-2-11(12)7-13)22-9-16(19)18-14-5-6-23(20,21)10-14/h1-4,7-8,14H,5-6,9-10H2,(H,18,19)/t14-/m0/s1. The van der Waals surface area contributed by atoms with Gasteiger partial charge >= 0.3 is 0 Å². The lowest BCUT2D eigenvalue weighted by atomic mass is 10.1. The Morgan fingerprint density at radius 3 is 2.70 bits per heavy atom. The Kier molecular flexibility index (Phi) is 4.59. The molecule has 0 saturated carbocycles. The van der Waals surface area contributed by atoms with E-state index in [0.29, 0.717) is 12.2 Å². The Labute approximate surface area is 143 Å². The van der Waals surface area contributed by atoms with Crippen LogP contribution in [0.25, 0.3) is 10.8 Å². The first kappa shape index (κ1) is 16.3. The first-order valence-electron chi connectivity index (χ1n) is 7.23. The summed E-state index contributed by atoms with van der Waals surface area (Å²) in [6, 6.07) is 11.2. The largest absolute Gasteiger partial charge is 0.484 e. The maximum atomic E-state index is 11.9. The molecule has 0 spiro atoms. The summed E-state index contributed by atoms with van der Waals surface area (Å²) in [5, 5.41) is 4.80. The van der Waals surface area contributed by atoms with Crippen molar-refractivity contribution in [2.75, 3.05) is 18.1 Å². The van der Waals surface area contributed by atoms with Crippen LogP contribution < -0.4 is 10.1 Å². The van der Waals surface area contributed by atoms with E-state index in [9.17, 15) is 13.2 Å². The van der Waals surface area contributed by atoms with Crippen LogP contribution in [0.5, 0.6) is 5.75 Å². The molecule has 1 amide bonds. The molecular formula is C16H16BrNO4S. The zero-order chi connectivity index (χ0) is 16.4. The van der Waals surface area contributed by atoms with Crippen LogP contribution in [0, 0.1) is 0 Å². The minimum Gasteiger partial charge on any atom is -0.484 e. The van der Waals surface area contributed by atoms with E-state index in [1.807, 2.05) is 36.4 Å². The summed E-state index contributed by atoms with van der Waals surface area (Å²) in [5.74, 6) is 0.458. The molecule has 5 nitrogen and oxygen atoms in total. The van der Waals surface area contributed by atoms with Crippen molar-refractivity contribution in [3.63, 3.8) is 0 Å². The lowest BCUT2D eigenvalue weighted by Crippen LogP contribution is -2.38. The number of carbonyl (C=O) groups excluding carboxylic acids is 1. The Hall–Kier alpha value is -1.60. The molecule has 2 aromatic rings. The summed E-state index contributed by atoms with van der Waals surface area (Å²) in [4.78, 5) is 11.9. The normalized spacial score (nSPS) is 19.6. The summed E-state index contributed by atoms with van der Waals surface area (Å²) in [6.45, 7) is -0.126.